The summed E-state index contributed by atoms with van der Waals surface area (Å²) in [5.74, 6) is 0.252. The topological polar surface area (TPSA) is 70.7 Å². The van der Waals surface area contributed by atoms with E-state index in [1.165, 1.54) is 0 Å². The normalized spacial score (nSPS) is 18.9. The summed E-state index contributed by atoms with van der Waals surface area (Å²) in [6.45, 7) is 3.12. The molecule has 2 fully saturated rings. The molecule has 1 atom stereocenters. The van der Waals surface area contributed by atoms with E-state index in [1.807, 2.05) is 35.2 Å². The maximum absolute atomic E-state index is 13.8. The van der Waals surface area contributed by atoms with Gasteiger partial charge in [0.1, 0.15) is 11.8 Å². The molecule has 6 heteroatoms. The summed E-state index contributed by atoms with van der Waals surface area (Å²) in [6, 6.07) is 16.7. The molecule has 6 nitrogen and oxygen atoms in total. The number of amides is 2. The number of hydrogen-bond acceptors (Lipinski definition) is 4. The molecule has 0 aromatic heterocycles. The van der Waals surface area contributed by atoms with Gasteiger partial charge in [-0.2, -0.15) is 0 Å². The number of nitrogens with zero attached hydrogens (tertiary/aromatic N) is 1. The minimum Gasteiger partial charge on any atom is -0.496 e. The summed E-state index contributed by atoms with van der Waals surface area (Å²) in [7, 11) is 1.55. The number of hydrogen-bond donors (Lipinski definition) is 2. The molecular formula is C25H31N3O3. The van der Waals surface area contributed by atoms with E-state index >= 15 is 0 Å². The number of likely N-dealkylation sites (tertiary alicyclic amines) is 1. The molecule has 0 spiro atoms. The highest BCUT2D eigenvalue weighted by molar-refractivity contribution is 6.00. The molecule has 164 valence electrons. The van der Waals surface area contributed by atoms with Crippen molar-refractivity contribution in [2.75, 3.05) is 33.3 Å². The molecule has 2 aliphatic rings. The van der Waals surface area contributed by atoms with Gasteiger partial charge in [0.25, 0.3) is 5.91 Å². The van der Waals surface area contributed by atoms with E-state index < -0.39 is 11.5 Å². The van der Waals surface area contributed by atoms with E-state index in [-0.39, 0.29) is 11.8 Å². The van der Waals surface area contributed by atoms with E-state index in [1.54, 1.807) is 19.2 Å². The number of nitrogens with one attached hydrogen (secondary N) is 2. The van der Waals surface area contributed by atoms with Crippen LogP contribution in [0.25, 0.3) is 0 Å². The zero-order valence-electron chi connectivity index (χ0n) is 18.1. The second-order valence-electron chi connectivity index (χ2n) is 8.41. The Kier molecular flexibility index (Phi) is 6.56. The lowest BCUT2D eigenvalue weighted by molar-refractivity contribution is -0.134. The van der Waals surface area contributed by atoms with Gasteiger partial charge in [0, 0.05) is 18.5 Å². The van der Waals surface area contributed by atoms with Crippen LogP contribution in [0.15, 0.2) is 54.6 Å². The number of carbonyl (C=O) groups is 2. The Morgan fingerprint density at radius 1 is 1.00 bits per heavy atom. The highest BCUT2D eigenvalue weighted by Crippen LogP contribution is 2.38. The van der Waals surface area contributed by atoms with Gasteiger partial charge in [-0.1, -0.05) is 42.5 Å². The minimum absolute atomic E-state index is 0.0199. The van der Waals surface area contributed by atoms with Crippen LogP contribution in [-0.2, 0) is 10.2 Å². The van der Waals surface area contributed by atoms with Crippen molar-refractivity contribution in [2.45, 2.75) is 37.1 Å². The summed E-state index contributed by atoms with van der Waals surface area (Å²) in [4.78, 5) is 29.1. The van der Waals surface area contributed by atoms with Gasteiger partial charge in [-0.3, -0.25) is 9.59 Å². The second-order valence-corrected chi connectivity index (χ2v) is 8.41. The zero-order chi connectivity index (χ0) is 21.7. The van der Waals surface area contributed by atoms with Gasteiger partial charge in [0.15, 0.2) is 0 Å². The molecule has 4 rings (SSSR count). The van der Waals surface area contributed by atoms with Gasteiger partial charge >= 0.3 is 0 Å². The van der Waals surface area contributed by atoms with E-state index in [9.17, 15) is 9.59 Å². The first-order chi connectivity index (χ1) is 15.2. The van der Waals surface area contributed by atoms with Crippen LogP contribution in [0.5, 0.6) is 5.75 Å². The predicted octanol–water partition coefficient (Wildman–Crippen LogP) is 2.74. The third kappa shape index (κ3) is 4.30. The maximum Gasteiger partial charge on any atom is 0.255 e. The molecule has 2 heterocycles. The highest BCUT2D eigenvalue weighted by atomic mass is 16.5. The number of piperidine rings is 1. The van der Waals surface area contributed by atoms with Crippen LogP contribution >= 0.6 is 0 Å². The van der Waals surface area contributed by atoms with E-state index in [0.717, 1.165) is 57.4 Å². The number of benzene rings is 2. The lowest BCUT2D eigenvalue weighted by atomic mass is 9.67. The van der Waals surface area contributed by atoms with Gasteiger partial charge < -0.3 is 20.3 Å². The Balaban J connectivity index is 1.74. The van der Waals surface area contributed by atoms with Crippen LogP contribution in [0.4, 0.5) is 0 Å². The van der Waals surface area contributed by atoms with Crippen LogP contribution in [0.2, 0.25) is 0 Å². The smallest absolute Gasteiger partial charge is 0.255 e. The van der Waals surface area contributed by atoms with Crippen molar-refractivity contribution < 1.29 is 14.3 Å². The number of methoxy groups -OCH3 is 1. The monoisotopic (exact) mass is 421 g/mol. The number of para-hydroxylation sites is 1. The first-order valence-corrected chi connectivity index (χ1v) is 11.1. The van der Waals surface area contributed by atoms with Crippen LogP contribution in [0.1, 0.15) is 41.6 Å². The molecule has 2 saturated heterocycles. The fraction of sp³-hybridized carbons (Fsp3) is 0.440. The standard InChI is InChI=1S/C25H31N3O3/c1-31-21-12-6-5-11-20(21)23(29)27-22(24(30)28-17-7-8-18-28)25(13-15-26-16-14-25)19-9-3-2-4-10-19/h2-6,9-12,22,26H,7-8,13-18H2,1H3,(H,27,29). The van der Waals surface area contributed by atoms with Crippen LogP contribution < -0.4 is 15.4 Å². The van der Waals surface area contributed by atoms with Gasteiger partial charge in [-0.15, -0.1) is 0 Å². The summed E-state index contributed by atoms with van der Waals surface area (Å²) in [5, 5.41) is 6.57. The van der Waals surface area contributed by atoms with E-state index in [4.69, 9.17) is 4.74 Å². The lowest BCUT2D eigenvalue weighted by Gasteiger charge is -2.44. The van der Waals surface area contributed by atoms with Crippen molar-refractivity contribution in [3.05, 3.63) is 65.7 Å². The SMILES string of the molecule is COc1ccccc1C(=O)NC(C(=O)N1CCCC1)C1(c2ccccc2)CCNCC1. The fourth-order valence-electron chi connectivity index (χ4n) is 4.98. The van der Waals surface area contributed by atoms with Gasteiger partial charge in [-0.25, -0.2) is 0 Å². The minimum atomic E-state index is -0.632. The Bertz CT molecular complexity index is 903. The van der Waals surface area contributed by atoms with E-state index in [0.29, 0.717) is 11.3 Å². The quantitative estimate of drug-likeness (QED) is 0.753. The van der Waals surface area contributed by atoms with E-state index in [2.05, 4.69) is 22.8 Å². The summed E-state index contributed by atoms with van der Waals surface area (Å²) < 4.78 is 5.40. The molecule has 2 aromatic carbocycles. The molecule has 0 bridgehead atoms. The van der Waals surface area contributed by atoms with Crippen molar-refractivity contribution >= 4 is 11.8 Å². The number of carbonyl (C=O) groups excluding carboxylic acids is 2. The Morgan fingerprint density at radius 2 is 1.65 bits per heavy atom. The summed E-state index contributed by atoms with van der Waals surface area (Å²) in [6.07, 6.45) is 3.60. The summed E-state index contributed by atoms with van der Waals surface area (Å²) >= 11 is 0. The molecule has 0 radical (unpaired) electrons. The average molecular weight is 422 g/mol. The first kappa shape index (κ1) is 21.4. The van der Waals surface area contributed by atoms with Crippen molar-refractivity contribution in [1.29, 1.82) is 0 Å². The molecule has 2 amide bonds. The predicted molar refractivity (Wildman–Crippen MR) is 120 cm³/mol. The van der Waals surface area contributed by atoms with Crippen molar-refractivity contribution in [3.63, 3.8) is 0 Å². The molecule has 2 N–H and O–H groups in total. The number of ether oxygens (including phenoxy) is 1. The van der Waals surface area contributed by atoms with Crippen LogP contribution in [-0.4, -0.2) is 56.0 Å². The van der Waals surface area contributed by atoms with Gasteiger partial charge in [-0.05, 0) is 56.5 Å². The number of rotatable bonds is 6. The third-order valence-corrected chi connectivity index (χ3v) is 6.69. The largest absolute Gasteiger partial charge is 0.496 e. The first-order valence-electron chi connectivity index (χ1n) is 11.1. The van der Waals surface area contributed by atoms with Crippen molar-refractivity contribution in [3.8, 4) is 5.75 Å². The Hall–Kier alpha value is -2.86. The average Bonchev–Trinajstić information content (AvgIpc) is 3.38. The Labute approximate surface area is 184 Å². The molecule has 2 aliphatic heterocycles. The molecule has 31 heavy (non-hydrogen) atoms. The third-order valence-electron chi connectivity index (χ3n) is 6.69. The molecule has 0 saturated carbocycles. The van der Waals surface area contributed by atoms with Crippen molar-refractivity contribution in [1.82, 2.24) is 15.5 Å². The lowest BCUT2D eigenvalue weighted by Crippen LogP contribution is -2.61. The molecular weight excluding hydrogens is 390 g/mol. The van der Waals surface area contributed by atoms with Crippen LogP contribution in [0, 0.1) is 0 Å². The highest BCUT2D eigenvalue weighted by Gasteiger charge is 2.47. The molecule has 0 aliphatic carbocycles. The molecule has 2 aromatic rings. The van der Waals surface area contributed by atoms with Crippen molar-refractivity contribution in [2.24, 2.45) is 0 Å². The maximum atomic E-state index is 13.8. The zero-order valence-corrected chi connectivity index (χ0v) is 18.1. The fourth-order valence-corrected chi connectivity index (χ4v) is 4.98. The molecule has 1 unspecified atom stereocenters. The van der Waals surface area contributed by atoms with Crippen LogP contribution in [0.3, 0.4) is 0 Å². The van der Waals surface area contributed by atoms with Gasteiger partial charge in [0.05, 0.1) is 12.7 Å². The second kappa shape index (κ2) is 9.52. The summed E-state index contributed by atoms with van der Waals surface area (Å²) in [5.41, 5.74) is 1.10. The Morgan fingerprint density at radius 3 is 2.32 bits per heavy atom. The van der Waals surface area contributed by atoms with Gasteiger partial charge in [0.2, 0.25) is 5.91 Å².